The summed E-state index contributed by atoms with van der Waals surface area (Å²) >= 11 is 6.53. The summed E-state index contributed by atoms with van der Waals surface area (Å²) in [6, 6.07) is 8.04. The normalized spacial score (nSPS) is 14.4. The molecule has 0 bridgehead atoms. The van der Waals surface area contributed by atoms with Gasteiger partial charge in [0.15, 0.2) is 5.82 Å². The van der Waals surface area contributed by atoms with Crippen LogP contribution >= 0.6 is 11.6 Å². The molecule has 0 spiro atoms. The van der Waals surface area contributed by atoms with Crippen LogP contribution in [-0.4, -0.2) is 49.0 Å². The van der Waals surface area contributed by atoms with Gasteiger partial charge in [-0.2, -0.15) is 5.10 Å². The lowest BCUT2D eigenvalue weighted by Crippen LogP contribution is -2.18. The fourth-order valence-corrected chi connectivity index (χ4v) is 7.46. The van der Waals surface area contributed by atoms with E-state index in [0.29, 0.717) is 18.4 Å². The van der Waals surface area contributed by atoms with Gasteiger partial charge < -0.3 is 5.73 Å². The van der Waals surface area contributed by atoms with Crippen molar-refractivity contribution in [3.8, 4) is 23.0 Å². The largest absolute Gasteiger partial charge is 0.322 e. The maximum absolute atomic E-state index is 14.0. The fourth-order valence-electron chi connectivity index (χ4n) is 5.16. The van der Waals surface area contributed by atoms with E-state index in [9.17, 15) is 34.4 Å². The van der Waals surface area contributed by atoms with Crippen LogP contribution in [0.4, 0.5) is 23.4 Å². The molecule has 1 fully saturated rings. The Morgan fingerprint density at radius 1 is 1.11 bits per heavy atom. The second-order valence-electron chi connectivity index (χ2n) is 11.9. The maximum Gasteiger partial charge on any atom is 0.257 e. The standard InChI is InChI=1S/C31H30ClF4N5O4S2/c1-31(2,16-46(42)43)10-9-20-3-6-22(28(38-20)25(37)13-17-11-18(33)14-19(34)12-17)23-7-8-24(32)27-29(23)41(15-26(35)36)39-30(27)40-47(44,45)21-4-5-21/h3,6-8,11-12,14,21,25-26,46H,4-5,13,15-16,37H2,1-2H3,(H,39,40)/t25-/m0/s1. The number of thiol groups is 1. The first-order valence-electron chi connectivity index (χ1n) is 14.4. The zero-order valence-corrected chi connectivity index (χ0v) is 27.6. The average molecular weight is 712 g/mol. The third kappa shape index (κ3) is 8.24. The van der Waals surface area contributed by atoms with Crippen LogP contribution in [0.1, 0.15) is 49.7 Å². The zero-order chi connectivity index (χ0) is 34.3. The SMILES string of the molecule is CC(C)(C#Cc1ccc(-c2ccc(Cl)c3c(NS(=O)(=O)C4CC4)nn(CC(F)F)c23)c([C@@H](N)Cc2cc(F)cc(F)c2)n1)C[SH](=O)=O. The predicted molar refractivity (Wildman–Crippen MR) is 172 cm³/mol. The molecule has 4 aromatic rings. The molecule has 5 rings (SSSR count). The highest BCUT2D eigenvalue weighted by molar-refractivity contribution is 7.93. The van der Waals surface area contributed by atoms with Crippen LogP contribution in [-0.2, 0) is 33.7 Å². The van der Waals surface area contributed by atoms with Gasteiger partial charge in [0.2, 0.25) is 10.0 Å². The summed E-state index contributed by atoms with van der Waals surface area (Å²) in [5.74, 6) is 3.71. The second-order valence-corrected chi connectivity index (χ2v) is 15.3. The van der Waals surface area contributed by atoms with E-state index >= 15 is 0 Å². The fraction of sp³-hybridized carbons (Fsp3) is 0.355. The van der Waals surface area contributed by atoms with E-state index < -0.39 is 62.0 Å². The van der Waals surface area contributed by atoms with Crippen LogP contribution in [0, 0.1) is 28.9 Å². The van der Waals surface area contributed by atoms with Crippen molar-refractivity contribution in [2.45, 2.75) is 57.4 Å². The lowest BCUT2D eigenvalue weighted by molar-refractivity contribution is 0.123. The van der Waals surface area contributed by atoms with Gasteiger partial charge in [-0.05, 0) is 74.9 Å². The number of nitrogens with two attached hydrogens (primary N) is 1. The van der Waals surface area contributed by atoms with E-state index in [4.69, 9.17) is 17.3 Å². The summed E-state index contributed by atoms with van der Waals surface area (Å²) in [5.41, 5.74) is 6.96. The first-order valence-corrected chi connectivity index (χ1v) is 17.7. The Labute approximate surface area is 275 Å². The number of benzene rings is 2. The summed E-state index contributed by atoms with van der Waals surface area (Å²) in [6.07, 6.45) is -2.06. The Balaban J connectivity index is 1.70. The van der Waals surface area contributed by atoms with Gasteiger partial charge in [-0.25, -0.2) is 39.4 Å². The number of fused-ring (bicyclic) bond motifs is 1. The Morgan fingerprint density at radius 2 is 1.77 bits per heavy atom. The lowest BCUT2D eigenvalue weighted by Gasteiger charge is -2.18. The molecule has 1 atom stereocenters. The number of hydrogen-bond donors (Lipinski definition) is 3. The van der Waals surface area contributed by atoms with Crippen LogP contribution in [0.25, 0.3) is 22.0 Å². The van der Waals surface area contributed by atoms with Gasteiger partial charge in [0.1, 0.15) is 34.6 Å². The number of aromatic nitrogens is 3. The van der Waals surface area contributed by atoms with E-state index in [2.05, 4.69) is 26.6 Å². The Kier molecular flexibility index (Phi) is 9.89. The Bertz CT molecular complexity index is 2080. The topological polar surface area (TPSA) is 137 Å². The molecule has 2 heterocycles. The molecule has 2 aromatic carbocycles. The highest BCUT2D eigenvalue weighted by atomic mass is 35.5. The quantitative estimate of drug-likeness (QED) is 0.107. The maximum atomic E-state index is 14.0. The van der Waals surface area contributed by atoms with Crippen LogP contribution in [0.3, 0.4) is 0 Å². The smallest absolute Gasteiger partial charge is 0.257 e. The number of sulfonamides is 1. The molecule has 0 aliphatic heterocycles. The van der Waals surface area contributed by atoms with Crippen LogP contribution in [0.2, 0.25) is 5.02 Å². The molecule has 250 valence electrons. The number of halogens is 5. The van der Waals surface area contributed by atoms with Gasteiger partial charge >= 0.3 is 0 Å². The van der Waals surface area contributed by atoms with Crippen molar-refractivity contribution in [2.24, 2.45) is 11.1 Å². The van der Waals surface area contributed by atoms with Crippen LogP contribution in [0.5, 0.6) is 0 Å². The van der Waals surface area contributed by atoms with E-state index in [1.165, 1.54) is 18.2 Å². The molecule has 3 N–H and O–H groups in total. The van der Waals surface area contributed by atoms with Crippen molar-refractivity contribution in [3.05, 3.63) is 76.1 Å². The minimum absolute atomic E-state index is 0.0493. The molecule has 0 radical (unpaired) electrons. The number of pyridine rings is 1. The predicted octanol–water partition coefficient (Wildman–Crippen LogP) is 5.43. The number of hydrogen-bond acceptors (Lipinski definition) is 7. The van der Waals surface area contributed by atoms with Gasteiger partial charge in [0, 0.05) is 22.6 Å². The number of nitrogens with zero attached hydrogens (tertiary/aromatic N) is 3. The van der Waals surface area contributed by atoms with Crippen LogP contribution < -0.4 is 10.5 Å². The summed E-state index contributed by atoms with van der Waals surface area (Å²) in [7, 11) is -6.57. The van der Waals surface area contributed by atoms with E-state index in [0.717, 1.165) is 22.9 Å². The van der Waals surface area contributed by atoms with E-state index in [1.807, 2.05) is 0 Å². The molecule has 47 heavy (non-hydrogen) atoms. The second kappa shape index (κ2) is 13.4. The molecule has 1 aliphatic rings. The molecule has 0 saturated heterocycles. The monoisotopic (exact) mass is 711 g/mol. The van der Waals surface area contributed by atoms with Gasteiger partial charge in [-0.1, -0.05) is 23.6 Å². The molecule has 16 heteroatoms. The third-order valence-corrected chi connectivity index (χ3v) is 10.5. The highest BCUT2D eigenvalue weighted by Gasteiger charge is 2.37. The van der Waals surface area contributed by atoms with E-state index in [-0.39, 0.29) is 56.4 Å². The molecular weight excluding hydrogens is 682 g/mol. The molecule has 0 unspecified atom stereocenters. The third-order valence-electron chi connectivity index (χ3n) is 7.35. The summed E-state index contributed by atoms with van der Waals surface area (Å²) < 4.78 is 107. The van der Waals surface area contributed by atoms with Crippen molar-refractivity contribution in [2.75, 3.05) is 10.5 Å². The number of nitrogens with one attached hydrogen (secondary N) is 1. The number of rotatable bonds is 11. The van der Waals surface area contributed by atoms with E-state index in [1.54, 1.807) is 19.9 Å². The van der Waals surface area contributed by atoms with Crippen molar-refractivity contribution in [1.29, 1.82) is 0 Å². The van der Waals surface area contributed by atoms with Crippen molar-refractivity contribution in [3.63, 3.8) is 0 Å². The van der Waals surface area contributed by atoms with Gasteiger partial charge in [-0.15, -0.1) is 0 Å². The Hall–Kier alpha value is -3.71. The van der Waals surface area contributed by atoms with Crippen molar-refractivity contribution in [1.82, 2.24) is 14.8 Å². The van der Waals surface area contributed by atoms with Crippen LogP contribution in [0.15, 0.2) is 42.5 Å². The van der Waals surface area contributed by atoms with Crippen molar-refractivity contribution >= 4 is 49.0 Å². The summed E-state index contributed by atoms with van der Waals surface area (Å²) in [4.78, 5) is 4.63. The van der Waals surface area contributed by atoms with Crippen molar-refractivity contribution < 1.29 is 34.4 Å². The molecular formula is C31H30ClF4N5O4S2. The zero-order valence-electron chi connectivity index (χ0n) is 25.1. The summed E-state index contributed by atoms with van der Waals surface area (Å²) in [5, 5.41) is 3.69. The number of anilines is 1. The molecule has 0 amide bonds. The molecule has 2 aromatic heterocycles. The van der Waals surface area contributed by atoms with Gasteiger partial charge in [-0.3, -0.25) is 9.40 Å². The number of alkyl halides is 2. The lowest BCUT2D eigenvalue weighted by atomic mass is 9.94. The first-order chi connectivity index (χ1) is 22.0. The highest BCUT2D eigenvalue weighted by Crippen LogP contribution is 2.41. The van der Waals surface area contributed by atoms with Gasteiger partial charge in [0.05, 0.1) is 38.7 Å². The first kappa shape index (κ1) is 34.6. The minimum Gasteiger partial charge on any atom is -0.322 e. The average Bonchev–Trinajstić information content (AvgIpc) is 3.76. The minimum atomic E-state index is -3.85. The molecule has 1 saturated carbocycles. The molecule has 9 nitrogen and oxygen atoms in total. The molecule has 1 aliphatic carbocycles. The van der Waals surface area contributed by atoms with Gasteiger partial charge in [0.25, 0.3) is 6.43 Å². The summed E-state index contributed by atoms with van der Waals surface area (Å²) in [6.45, 7) is 2.40. The Morgan fingerprint density at radius 3 is 2.38 bits per heavy atom.